The number of rotatable bonds is 2. The van der Waals surface area contributed by atoms with E-state index in [1.165, 1.54) is 0 Å². The lowest BCUT2D eigenvalue weighted by Gasteiger charge is -2.22. The molecule has 0 spiro atoms. The Morgan fingerprint density at radius 1 is 0.783 bits per heavy atom. The number of halogens is 9. The first-order valence-electron chi connectivity index (χ1n) is 5.22. The van der Waals surface area contributed by atoms with Crippen LogP contribution < -0.4 is 4.18 Å². The smallest absolute Gasteiger partial charge is 0.382 e. The van der Waals surface area contributed by atoms with E-state index in [1.54, 1.807) is 0 Å². The number of alkyl halides is 9. The molecule has 1 aromatic rings. The van der Waals surface area contributed by atoms with E-state index in [2.05, 4.69) is 4.18 Å². The molecule has 132 valence electrons. The third kappa shape index (κ3) is 4.65. The maximum absolute atomic E-state index is 12.8. The van der Waals surface area contributed by atoms with Gasteiger partial charge in [0.15, 0.2) is 5.75 Å². The predicted octanol–water partition coefficient (Wildman–Crippen LogP) is 4.08. The Morgan fingerprint density at radius 2 is 1.22 bits per heavy atom. The van der Waals surface area contributed by atoms with Crippen molar-refractivity contribution in [2.24, 2.45) is 0 Å². The van der Waals surface area contributed by atoms with Crippen molar-refractivity contribution in [3.8, 4) is 5.75 Å². The summed E-state index contributed by atoms with van der Waals surface area (Å²) in [7, 11) is -4.72. The zero-order chi connectivity index (χ0) is 18.4. The summed E-state index contributed by atoms with van der Waals surface area (Å²) in [6.45, 7) is 0. The first kappa shape index (κ1) is 19.4. The Labute approximate surface area is 122 Å². The van der Waals surface area contributed by atoms with Gasteiger partial charge in [0.25, 0.3) is 0 Å². The summed E-state index contributed by atoms with van der Waals surface area (Å²) in [5.41, 5.74) is -8.55. The van der Waals surface area contributed by atoms with Gasteiger partial charge in [-0.15, -0.1) is 0 Å². The summed E-state index contributed by atoms with van der Waals surface area (Å²) in [6.07, 6.45) is -17.6. The van der Waals surface area contributed by atoms with Crippen molar-refractivity contribution in [2.75, 3.05) is 6.26 Å². The Hall–Kier alpha value is -1.66. The quantitative estimate of drug-likeness (QED) is 0.577. The van der Waals surface area contributed by atoms with Gasteiger partial charge in [-0.25, -0.2) is 0 Å². The van der Waals surface area contributed by atoms with E-state index in [9.17, 15) is 47.9 Å². The molecule has 3 nitrogen and oxygen atoms in total. The van der Waals surface area contributed by atoms with Gasteiger partial charge in [-0.3, -0.25) is 0 Å². The van der Waals surface area contributed by atoms with E-state index in [0.29, 0.717) is 0 Å². The summed E-state index contributed by atoms with van der Waals surface area (Å²) in [5, 5.41) is 0. The molecule has 23 heavy (non-hydrogen) atoms. The van der Waals surface area contributed by atoms with Crippen molar-refractivity contribution in [1.29, 1.82) is 0 Å². The van der Waals surface area contributed by atoms with Gasteiger partial charge in [-0.05, 0) is 12.1 Å². The summed E-state index contributed by atoms with van der Waals surface area (Å²) >= 11 is 0. The van der Waals surface area contributed by atoms with Gasteiger partial charge in [0.2, 0.25) is 0 Å². The molecule has 0 fully saturated rings. The van der Waals surface area contributed by atoms with Crippen molar-refractivity contribution in [3.63, 3.8) is 0 Å². The van der Waals surface area contributed by atoms with E-state index < -0.39 is 51.1 Å². The highest BCUT2D eigenvalue weighted by Gasteiger charge is 2.52. The Morgan fingerprint density at radius 3 is 1.52 bits per heavy atom. The molecule has 0 N–H and O–H groups in total. The van der Waals surface area contributed by atoms with Gasteiger partial charge in [0.05, 0.1) is 17.4 Å². The average Bonchev–Trinajstić information content (AvgIpc) is 2.21. The molecule has 0 bridgehead atoms. The third-order valence-corrected chi connectivity index (χ3v) is 2.76. The van der Waals surface area contributed by atoms with E-state index in [1.807, 2.05) is 0 Å². The van der Waals surface area contributed by atoms with Gasteiger partial charge in [0.1, 0.15) is 5.56 Å². The molecule has 0 saturated carbocycles. The fourth-order valence-electron chi connectivity index (χ4n) is 1.63. The molecular formula is C10H5F9O3S. The first-order valence-corrected chi connectivity index (χ1v) is 7.04. The van der Waals surface area contributed by atoms with Crippen LogP contribution in [0.1, 0.15) is 16.7 Å². The number of hydrogen-bond acceptors (Lipinski definition) is 3. The van der Waals surface area contributed by atoms with Crippen LogP contribution in [-0.4, -0.2) is 14.7 Å². The first-order chi connectivity index (χ1) is 9.94. The Kier molecular flexibility index (Phi) is 4.60. The molecule has 0 saturated heterocycles. The minimum atomic E-state index is -6.06. The lowest BCUT2D eigenvalue weighted by molar-refractivity contribution is -0.175. The summed E-state index contributed by atoms with van der Waals surface area (Å²) < 4.78 is 140. The third-order valence-electron chi connectivity index (χ3n) is 2.28. The largest absolute Gasteiger partial charge is 0.420 e. The summed E-state index contributed by atoms with van der Waals surface area (Å²) in [6, 6.07) is -0.472. The molecule has 0 aliphatic carbocycles. The van der Waals surface area contributed by atoms with Gasteiger partial charge in [-0.2, -0.15) is 47.9 Å². The number of benzene rings is 1. The molecule has 13 heteroatoms. The van der Waals surface area contributed by atoms with Crippen molar-refractivity contribution >= 4 is 10.1 Å². The van der Waals surface area contributed by atoms with Crippen molar-refractivity contribution in [2.45, 2.75) is 18.5 Å². The normalized spacial score (nSPS) is 14.0. The second-order valence-electron chi connectivity index (χ2n) is 4.14. The Balaban J connectivity index is 3.94. The predicted molar refractivity (Wildman–Crippen MR) is 56.9 cm³/mol. The highest BCUT2D eigenvalue weighted by molar-refractivity contribution is 7.86. The van der Waals surface area contributed by atoms with Crippen LogP contribution >= 0.6 is 0 Å². The molecule has 0 heterocycles. The van der Waals surface area contributed by atoms with Crippen LogP contribution in [-0.2, 0) is 28.6 Å². The molecule has 0 aliphatic heterocycles. The van der Waals surface area contributed by atoms with Crippen molar-refractivity contribution < 1.29 is 52.1 Å². The summed E-state index contributed by atoms with van der Waals surface area (Å²) in [5.74, 6) is -1.90. The van der Waals surface area contributed by atoms with Crippen molar-refractivity contribution in [1.82, 2.24) is 0 Å². The van der Waals surface area contributed by atoms with Crippen LogP contribution in [0.15, 0.2) is 12.1 Å². The van der Waals surface area contributed by atoms with Crippen LogP contribution in [0.4, 0.5) is 39.5 Å². The van der Waals surface area contributed by atoms with Gasteiger partial charge in [0, 0.05) is 0 Å². The molecule has 0 atom stereocenters. The number of hydrogen-bond donors (Lipinski definition) is 0. The van der Waals surface area contributed by atoms with E-state index in [4.69, 9.17) is 0 Å². The van der Waals surface area contributed by atoms with Crippen molar-refractivity contribution in [3.05, 3.63) is 28.8 Å². The molecule has 1 aromatic carbocycles. The zero-order valence-electron chi connectivity index (χ0n) is 10.7. The maximum atomic E-state index is 12.8. The van der Waals surface area contributed by atoms with Crippen LogP contribution in [0.2, 0.25) is 0 Å². The fourth-order valence-corrected chi connectivity index (χ4v) is 2.09. The topological polar surface area (TPSA) is 43.4 Å². The maximum Gasteiger partial charge on any atom is 0.420 e. The average molecular weight is 376 g/mol. The lowest BCUT2D eigenvalue weighted by atomic mass is 9.98. The van der Waals surface area contributed by atoms with Crippen LogP contribution in [0.5, 0.6) is 5.75 Å². The standard InChI is InChI=1S/C10H5F9O3S/c1-23(20,21)22-5-3-2-4(8(11,12)13)6(9(14,15)16)7(5)10(17,18)19/h2-3H,1H3. The fraction of sp³-hybridized carbons (Fsp3) is 0.400. The molecular weight excluding hydrogens is 371 g/mol. The monoisotopic (exact) mass is 376 g/mol. The van der Waals surface area contributed by atoms with Gasteiger partial charge in [-0.1, -0.05) is 0 Å². The van der Waals surface area contributed by atoms with Crippen LogP contribution in [0.3, 0.4) is 0 Å². The second kappa shape index (κ2) is 5.46. The lowest BCUT2D eigenvalue weighted by Crippen LogP contribution is -2.24. The van der Waals surface area contributed by atoms with E-state index in [-0.39, 0.29) is 18.4 Å². The molecule has 0 unspecified atom stereocenters. The van der Waals surface area contributed by atoms with Crippen LogP contribution in [0, 0.1) is 0 Å². The molecule has 0 radical (unpaired) electrons. The molecule has 0 aromatic heterocycles. The molecule has 1 rings (SSSR count). The zero-order valence-corrected chi connectivity index (χ0v) is 11.5. The van der Waals surface area contributed by atoms with E-state index in [0.717, 1.165) is 0 Å². The highest BCUT2D eigenvalue weighted by Crippen LogP contribution is 2.50. The molecule has 0 amide bonds. The minimum absolute atomic E-state index is 0.137. The van der Waals surface area contributed by atoms with Gasteiger partial charge >= 0.3 is 28.6 Å². The van der Waals surface area contributed by atoms with Crippen LogP contribution in [0.25, 0.3) is 0 Å². The minimum Gasteiger partial charge on any atom is -0.382 e. The molecule has 0 aliphatic rings. The van der Waals surface area contributed by atoms with Gasteiger partial charge < -0.3 is 4.18 Å². The van der Waals surface area contributed by atoms with E-state index >= 15 is 0 Å². The highest BCUT2D eigenvalue weighted by atomic mass is 32.2. The second-order valence-corrected chi connectivity index (χ2v) is 5.72. The summed E-state index contributed by atoms with van der Waals surface area (Å²) in [4.78, 5) is 0. The Bertz CT molecular complexity index is 698. The SMILES string of the molecule is CS(=O)(=O)Oc1ccc(C(F)(F)F)c(C(F)(F)F)c1C(F)(F)F.